The average Bonchev–Trinajstić information content (AvgIpc) is 3.04. The van der Waals surface area contributed by atoms with E-state index in [0.29, 0.717) is 5.52 Å². The zero-order valence-electron chi connectivity index (χ0n) is 15.1. The van der Waals surface area contributed by atoms with Crippen molar-refractivity contribution in [3.8, 4) is 0 Å². The lowest BCUT2D eigenvalue weighted by Gasteiger charge is -2.16. The second-order valence-corrected chi connectivity index (χ2v) is 8.06. The molecule has 1 aromatic carbocycles. The van der Waals surface area contributed by atoms with Crippen molar-refractivity contribution in [2.24, 2.45) is 0 Å². The van der Waals surface area contributed by atoms with Gasteiger partial charge >= 0.3 is 13.8 Å². The summed E-state index contributed by atoms with van der Waals surface area (Å²) in [6, 6.07) is 3.00. The highest BCUT2D eigenvalue weighted by Gasteiger charge is 2.31. The number of alkyl halides is 3. The summed E-state index contributed by atoms with van der Waals surface area (Å²) in [4.78, 5) is 14.6. The Labute approximate surface area is 157 Å². The Balaban J connectivity index is 2.07. The van der Waals surface area contributed by atoms with Crippen molar-refractivity contribution in [2.45, 2.75) is 26.4 Å². The SMILES string of the molecule is CCOP(=O)(CCc1nnc2c(=O)[nH]c3cc(C(F)(F)F)ccc3n12)OCC. The van der Waals surface area contributed by atoms with E-state index in [9.17, 15) is 22.5 Å². The Bertz CT molecular complexity index is 1100. The van der Waals surface area contributed by atoms with E-state index in [2.05, 4.69) is 15.2 Å². The van der Waals surface area contributed by atoms with Crippen molar-refractivity contribution < 1.29 is 26.8 Å². The highest BCUT2D eigenvalue weighted by Crippen LogP contribution is 2.48. The van der Waals surface area contributed by atoms with Crippen LogP contribution in [0.1, 0.15) is 25.2 Å². The molecule has 3 rings (SSSR count). The number of rotatable bonds is 7. The third-order valence-electron chi connectivity index (χ3n) is 4.01. The molecule has 0 fully saturated rings. The van der Waals surface area contributed by atoms with Gasteiger partial charge in [-0.25, -0.2) is 0 Å². The van der Waals surface area contributed by atoms with Gasteiger partial charge in [-0.15, -0.1) is 10.2 Å². The zero-order chi connectivity index (χ0) is 20.5. The molecule has 3 aromatic rings. The maximum absolute atomic E-state index is 13.0. The quantitative estimate of drug-likeness (QED) is 0.591. The molecule has 2 heterocycles. The Kier molecular flexibility index (Phi) is 5.60. The highest BCUT2D eigenvalue weighted by molar-refractivity contribution is 7.53. The second-order valence-electron chi connectivity index (χ2n) is 5.88. The molecule has 0 saturated heterocycles. The van der Waals surface area contributed by atoms with Crippen LogP contribution in [-0.4, -0.2) is 39.0 Å². The van der Waals surface area contributed by atoms with Gasteiger partial charge in [-0.1, -0.05) is 0 Å². The number of benzene rings is 1. The lowest BCUT2D eigenvalue weighted by molar-refractivity contribution is -0.137. The summed E-state index contributed by atoms with van der Waals surface area (Å²) in [5.74, 6) is 0.269. The predicted octanol–water partition coefficient (Wildman–Crippen LogP) is 3.40. The molecular formula is C16H18F3N4O4P. The van der Waals surface area contributed by atoms with Crippen molar-refractivity contribution in [3.63, 3.8) is 0 Å². The molecule has 0 atom stereocenters. The van der Waals surface area contributed by atoms with Crippen LogP contribution in [0.15, 0.2) is 23.0 Å². The third kappa shape index (κ3) is 3.96. The van der Waals surface area contributed by atoms with Gasteiger partial charge in [-0.3, -0.25) is 13.8 Å². The van der Waals surface area contributed by atoms with E-state index in [4.69, 9.17) is 9.05 Å². The van der Waals surface area contributed by atoms with E-state index in [1.807, 2.05) is 0 Å². The fraction of sp³-hybridized carbons (Fsp3) is 0.438. The number of aromatic amines is 1. The molecular weight excluding hydrogens is 400 g/mol. The van der Waals surface area contributed by atoms with Crippen molar-refractivity contribution in [2.75, 3.05) is 19.4 Å². The number of aromatic nitrogens is 4. The van der Waals surface area contributed by atoms with E-state index in [1.165, 1.54) is 10.5 Å². The van der Waals surface area contributed by atoms with Crippen molar-refractivity contribution in [1.29, 1.82) is 0 Å². The number of H-pyrrole nitrogens is 1. The molecule has 0 spiro atoms. The van der Waals surface area contributed by atoms with Crippen LogP contribution in [0.2, 0.25) is 0 Å². The second kappa shape index (κ2) is 7.65. The summed E-state index contributed by atoms with van der Waals surface area (Å²) in [6.45, 7) is 3.76. The van der Waals surface area contributed by atoms with Crippen molar-refractivity contribution in [3.05, 3.63) is 39.9 Å². The molecule has 8 nitrogen and oxygen atoms in total. The van der Waals surface area contributed by atoms with Crippen molar-refractivity contribution in [1.82, 2.24) is 19.6 Å². The summed E-state index contributed by atoms with van der Waals surface area (Å²) >= 11 is 0. The molecule has 0 saturated carbocycles. The standard InChI is InChI=1S/C16H18F3N4O4P/c1-3-26-28(25,27-4-2)8-7-13-21-22-14-15(24)20-11-9-10(16(17,18)19)5-6-12(11)23(13)14/h5-6,9H,3-4,7-8H2,1-2H3,(H,20,24). The van der Waals surface area contributed by atoms with Crippen LogP contribution in [0.5, 0.6) is 0 Å². The first-order chi connectivity index (χ1) is 13.2. The minimum Gasteiger partial charge on any atom is -0.317 e. The monoisotopic (exact) mass is 418 g/mol. The number of nitrogens with one attached hydrogen (secondary N) is 1. The van der Waals surface area contributed by atoms with Gasteiger partial charge in [0.25, 0.3) is 5.56 Å². The third-order valence-corrected chi connectivity index (χ3v) is 6.08. The van der Waals surface area contributed by atoms with E-state index >= 15 is 0 Å². The number of halogens is 3. The summed E-state index contributed by atoms with van der Waals surface area (Å²) in [7, 11) is -3.36. The Morgan fingerprint density at radius 1 is 1.18 bits per heavy atom. The fourth-order valence-electron chi connectivity index (χ4n) is 2.86. The number of hydrogen-bond acceptors (Lipinski definition) is 6. The molecule has 12 heteroatoms. The molecule has 0 aliphatic rings. The molecule has 1 N–H and O–H groups in total. The van der Waals surface area contributed by atoms with Gasteiger partial charge in [0, 0.05) is 6.42 Å². The van der Waals surface area contributed by atoms with E-state index < -0.39 is 24.9 Å². The smallest absolute Gasteiger partial charge is 0.317 e. The van der Waals surface area contributed by atoms with Gasteiger partial charge in [0.1, 0.15) is 5.82 Å². The highest BCUT2D eigenvalue weighted by atomic mass is 31.2. The number of aryl methyl sites for hydroxylation is 1. The van der Waals surface area contributed by atoms with E-state index in [0.717, 1.165) is 12.1 Å². The molecule has 0 radical (unpaired) electrons. The summed E-state index contributed by atoms with van der Waals surface area (Å²) in [6.07, 6.45) is -4.46. The maximum Gasteiger partial charge on any atom is 0.416 e. The largest absolute Gasteiger partial charge is 0.416 e. The van der Waals surface area contributed by atoms with Crippen LogP contribution in [0.4, 0.5) is 13.2 Å². The van der Waals surface area contributed by atoms with Crippen LogP contribution >= 0.6 is 7.60 Å². The van der Waals surface area contributed by atoms with Gasteiger partial charge in [0.15, 0.2) is 0 Å². The summed E-state index contributed by atoms with van der Waals surface area (Å²) in [5.41, 5.74) is -1.34. The average molecular weight is 418 g/mol. The van der Waals surface area contributed by atoms with Crippen LogP contribution in [0.3, 0.4) is 0 Å². The molecule has 0 amide bonds. The summed E-state index contributed by atoms with van der Waals surface area (Å²) < 4.78 is 63.3. The number of nitrogens with zero attached hydrogens (tertiary/aromatic N) is 3. The van der Waals surface area contributed by atoms with Gasteiger partial charge in [-0.05, 0) is 32.0 Å². The zero-order valence-corrected chi connectivity index (χ0v) is 16.0. The maximum atomic E-state index is 13.0. The predicted molar refractivity (Wildman–Crippen MR) is 95.5 cm³/mol. The minimum atomic E-state index is -4.54. The molecule has 0 aliphatic heterocycles. The number of fused-ring (bicyclic) bond motifs is 3. The first-order valence-corrected chi connectivity index (χ1v) is 10.3. The van der Waals surface area contributed by atoms with Crippen LogP contribution in [0.25, 0.3) is 16.7 Å². The van der Waals surface area contributed by atoms with Gasteiger partial charge in [-0.2, -0.15) is 13.2 Å². The van der Waals surface area contributed by atoms with Crippen LogP contribution < -0.4 is 5.56 Å². The number of hydrogen-bond donors (Lipinski definition) is 1. The molecule has 28 heavy (non-hydrogen) atoms. The van der Waals surface area contributed by atoms with Gasteiger partial charge in [0.05, 0.1) is 36.0 Å². The molecule has 152 valence electrons. The van der Waals surface area contributed by atoms with Crippen LogP contribution in [-0.2, 0) is 26.2 Å². The first kappa shape index (κ1) is 20.5. The normalized spacial score (nSPS) is 12.9. The van der Waals surface area contributed by atoms with Crippen LogP contribution in [0, 0.1) is 0 Å². The molecule has 2 aromatic heterocycles. The van der Waals surface area contributed by atoms with Gasteiger partial charge < -0.3 is 14.0 Å². The lowest BCUT2D eigenvalue weighted by Crippen LogP contribution is -2.14. The Morgan fingerprint density at radius 3 is 2.46 bits per heavy atom. The topological polar surface area (TPSA) is 98.6 Å². The lowest BCUT2D eigenvalue weighted by atomic mass is 10.2. The molecule has 0 bridgehead atoms. The van der Waals surface area contributed by atoms with Gasteiger partial charge in [0.2, 0.25) is 5.65 Å². The minimum absolute atomic E-state index is 0.00817. The van der Waals surface area contributed by atoms with Crippen molar-refractivity contribution >= 4 is 24.3 Å². The Hall–Kier alpha value is -2.23. The summed E-state index contributed by atoms with van der Waals surface area (Å²) in [5, 5.41) is 7.75. The molecule has 0 unspecified atom stereocenters. The first-order valence-electron chi connectivity index (χ1n) is 8.54. The fourth-order valence-corrected chi connectivity index (χ4v) is 4.45. The Morgan fingerprint density at radius 2 is 1.86 bits per heavy atom. The van der Waals surface area contributed by atoms with E-state index in [1.54, 1.807) is 13.8 Å². The molecule has 0 aliphatic carbocycles. The van der Waals surface area contributed by atoms with E-state index in [-0.39, 0.29) is 42.8 Å².